The van der Waals surface area contributed by atoms with E-state index < -0.39 is 15.6 Å². The molecule has 0 aliphatic rings. The first-order valence-corrected chi connectivity index (χ1v) is 7.58. The van der Waals surface area contributed by atoms with Crippen LogP contribution in [0.4, 0.5) is 0 Å². The third kappa shape index (κ3) is 2.74. The van der Waals surface area contributed by atoms with Crippen LogP contribution in [-0.4, -0.2) is 37.5 Å². The normalized spacial score (nSPS) is 12.2. The van der Waals surface area contributed by atoms with Gasteiger partial charge in [0.1, 0.15) is 5.58 Å². The number of aliphatic hydroxyl groups is 1. The molecule has 20 heavy (non-hydrogen) atoms. The fourth-order valence-electron chi connectivity index (χ4n) is 1.92. The van der Waals surface area contributed by atoms with Crippen LogP contribution in [0.1, 0.15) is 6.92 Å². The molecule has 108 valence electrons. The highest BCUT2D eigenvalue weighted by molar-refractivity contribution is 7.89. The number of likely N-dealkylation sites (N-methyl/N-ethyl adjacent to an activating group) is 1. The molecule has 0 amide bonds. The summed E-state index contributed by atoms with van der Waals surface area (Å²) in [5.41, 5.74) is -0.148. The van der Waals surface area contributed by atoms with E-state index in [0.29, 0.717) is 11.0 Å². The minimum absolute atomic E-state index is 0.0424. The van der Waals surface area contributed by atoms with Gasteiger partial charge in [0.25, 0.3) is 0 Å². The SMILES string of the molecule is CCN(CCO)S(=O)(=O)c1ccc2oc(=O)ccc2c1. The van der Waals surface area contributed by atoms with Crippen molar-refractivity contribution in [1.82, 2.24) is 4.31 Å². The van der Waals surface area contributed by atoms with Gasteiger partial charge < -0.3 is 9.52 Å². The molecule has 0 fully saturated rings. The molecule has 0 saturated carbocycles. The number of benzene rings is 1. The van der Waals surface area contributed by atoms with Crippen LogP contribution in [0.15, 0.2) is 44.4 Å². The van der Waals surface area contributed by atoms with Crippen LogP contribution < -0.4 is 5.63 Å². The maximum atomic E-state index is 12.4. The predicted octanol–water partition coefficient (Wildman–Crippen LogP) is 0.796. The van der Waals surface area contributed by atoms with Crippen molar-refractivity contribution in [2.45, 2.75) is 11.8 Å². The summed E-state index contributed by atoms with van der Waals surface area (Å²) >= 11 is 0. The van der Waals surface area contributed by atoms with E-state index in [2.05, 4.69) is 0 Å². The molecular formula is C13H15NO5S. The third-order valence-corrected chi connectivity index (χ3v) is 4.90. The van der Waals surface area contributed by atoms with Crippen molar-refractivity contribution < 1.29 is 17.9 Å². The molecule has 0 saturated heterocycles. The zero-order chi connectivity index (χ0) is 14.8. The van der Waals surface area contributed by atoms with Gasteiger partial charge in [-0.3, -0.25) is 0 Å². The lowest BCUT2D eigenvalue weighted by Crippen LogP contribution is -2.33. The fraction of sp³-hybridized carbons (Fsp3) is 0.308. The van der Waals surface area contributed by atoms with Crippen LogP contribution in [-0.2, 0) is 10.0 Å². The highest BCUT2D eigenvalue weighted by Crippen LogP contribution is 2.20. The second-order valence-corrected chi connectivity index (χ2v) is 6.11. The van der Waals surface area contributed by atoms with E-state index in [1.807, 2.05) is 0 Å². The Morgan fingerprint density at radius 3 is 2.65 bits per heavy atom. The van der Waals surface area contributed by atoms with E-state index in [1.165, 1.54) is 34.6 Å². The first kappa shape index (κ1) is 14.7. The van der Waals surface area contributed by atoms with Crippen LogP contribution in [0, 0.1) is 0 Å². The molecule has 1 aromatic heterocycles. The van der Waals surface area contributed by atoms with E-state index in [0.717, 1.165) is 0 Å². The predicted molar refractivity (Wildman–Crippen MR) is 74.0 cm³/mol. The van der Waals surface area contributed by atoms with Gasteiger partial charge in [0.05, 0.1) is 11.5 Å². The maximum Gasteiger partial charge on any atom is 0.336 e. The van der Waals surface area contributed by atoms with Crippen LogP contribution >= 0.6 is 0 Å². The number of rotatable bonds is 5. The van der Waals surface area contributed by atoms with Crippen LogP contribution in [0.5, 0.6) is 0 Å². The molecular weight excluding hydrogens is 282 g/mol. The highest BCUT2D eigenvalue weighted by Gasteiger charge is 2.22. The topological polar surface area (TPSA) is 87.8 Å². The summed E-state index contributed by atoms with van der Waals surface area (Å²) in [6, 6.07) is 7.05. The average Bonchev–Trinajstić information content (AvgIpc) is 2.43. The van der Waals surface area contributed by atoms with Gasteiger partial charge in [-0.2, -0.15) is 4.31 Å². The van der Waals surface area contributed by atoms with Gasteiger partial charge in [0, 0.05) is 24.5 Å². The molecule has 6 nitrogen and oxygen atoms in total. The quantitative estimate of drug-likeness (QED) is 0.825. The molecule has 0 atom stereocenters. The van der Waals surface area contributed by atoms with Gasteiger partial charge in [-0.15, -0.1) is 0 Å². The van der Waals surface area contributed by atoms with Crippen molar-refractivity contribution in [3.8, 4) is 0 Å². The fourth-order valence-corrected chi connectivity index (χ4v) is 3.40. The Morgan fingerprint density at radius 2 is 2.00 bits per heavy atom. The molecule has 0 spiro atoms. The standard InChI is InChI=1S/C13H15NO5S/c1-2-14(7-8-15)20(17,18)11-4-5-12-10(9-11)3-6-13(16)19-12/h3-6,9,15H,2,7-8H2,1H3. The number of hydrogen-bond donors (Lipinski definition) is 1. The monoisotopic (exact) mass is 297 g/mol. The summed E-state index contributed by atoms with van der Waals surface area (Å²) in [5, 5.41) is 9.46. The Morgan fingerprint density at radius 1 is 1.25 bits per heavy atom. The number of hydrogen-bond acceptors (Lipinski definition) is 5. The van der Waals surface area contributed by atoms with E-state index in [4.69, 9.17) is 9.52 Å². The van der Waals surface area contributed by atoms with Gasteiger partial charge in [-0.1, -0.05) is 6.92 Å². The van der Waals surface area contributed by atoms with E-state index in [1.54, 1.807) is 6.92 Å². The number of fused-ring (bicyclic) bond motifs is 1. The zero-order valence-corrected chi connectivity index (χ0v) is 11.8. The molecule has 0 radical (unpaired) electrons. The molecule has 0 bridgehead atoms. The van der Waals surface area contributed by atoms with E-state index in [9.17, 15) is 13.2 Å². The Labute approximate surface area is 116 Å². The third-order valence-electron chi connectivity index (χ3n) is 2.93. The Balaban J connectivity index is 2.51. The molecule has 2 rings (SSSR count). The van der Waals surface area contributed by atoms with Crippen molar-refractivity contribution >= 4 is 21.0 Å². The second kappa shape index (κ2) is 5.74. The van der Waals surface area contributed by atoms with Gasteiger partial charge in [-0.05, 0) is 24.3 Å². The minimum atomic E-state index is -3.66. The minimum Gasteiger partial charge on any atom is -0.423 e. The van der Waals surface area contributed by atoms with Gasteiger partial charge in [0.15, 0.2) is 0 Å². The summed E-state index contributed by atoms with van der Waals surface area (Å²) in [6.07, 6.45) is 0. The average molecular weight is 297 g/mol. The summed E-state index contributed by atoms with van der Waals surface area (Å²) in [5.74, 6) is 0. The van der Waals surface area contributed by atoms with Gasteiger partial charge in [0.2, 0.25) is 10.0 Å². The van der Waals surface area contributed by atoms with Gasteiger partial charge >= 0.3 is 5.63 Å². The molecule has 0 aliphatic heterocycles. The molecule has 7 heteroatoms. The summed E-state index contributed by atoms with van der Waals surface area (Å²) in [7, 11) is -3.66. The van der Waals surface area contributed by atoms with E-state index >= 15 is 0 Å². The second-order valence-electron chi connectivity index (χ2n) is 4.17. The largest absolute Gasteiger partial charge is 0.423 e. The Kier molecular flexibility index (Phi) is 4.22. The number of aliphatic hydroxyl groups excluding tert-OH is 1. The molecule has 0 unspecified atom stereocenters. The number of nitrogens with zero attached hydrogens (tertiary/aromatic N) is 1. The molecule has 2 aromatic rings. The lowest BCUT2D eigenvalue weighted by atomic mass is 10.2. The molecule has 1 aromatic carbocycles. The molecule has 1 heterocycles. The highest BCUT2D eigenvalue weighted by atomic mass is 32.2. The lowest BCUT2D eigenvalue weighted by Gasteiger charge is -2.19. The van der Waals surface area contributed by atoms with Crippen molar-refractivity contribution in [2.75, 3.05) is 19.7 Å². The van der Waals surface area contributed by atoms with Crippen molar-refractivity contribution in [2.24, 2.45) is 0 Å². The number of sulfonamides is 1. The first-order valence-electron chi connectivity index (χ1n) is 6.14. The van der Waals surface area contributed by atoms with Crippen LogP contribution in [0.3, 0.4) is 0 Å². The first-order chi connectivity index (χ1) is 9.48. The Bertz CT molecular complexity index is 766. The van der Waals surface area contributed by atoms with E-state index in [-0.39, 0.29) is 24.6 Å². The van der Waals surface area contributed by atoms with Crippen molar-refractivity contribution in [3.05, 3.63) is 40.8 Å². The van der Waals surface area contributed by atoms with Crippen molar-refractivity contribution in [1.29, 1.82) is 0 Å². The zero-order valence-electron chi connectivity index (χ0n) is 10.9. The smallest absolute Gasteiger partial charge is 0.336 e. The summed E-state index contributed by atoms with van der Waals surface area (Å²) in [6.45, 7) is 1.77. The lowest BCUT2D eigenvalue weighted by molar-refractivity contribution is 0.257. The van der Waals surface area contributed by atoms with Crippen LogP contribution in [0.2, 0.25) is 0 Å². The van der Waals surface area contributed by atoms with Gasteiger partial charge in [-0.25, -0.2) is 13.2 Å². The van der Waals surface area contributed by atoms with Crippen LogP contribution in [0.25, 0.3) is 11.0 Å². The Hall–Kier alpha value is -1.70. The molecule has 0 aliphatic carbocycles. The summed E-state index contributed by atoms with van der Waals surface area (Å²) < 4.78 is 30.9. The van der Waals surface area contributed by atoms with Crippen molar-refractivity contribution in [3.63, 3.8) is 0 Å². The maximum absolute atomic E-state index is 12.4. The summed E-state index contributed by atoms with van der Waals surface area (Å²) in [4.78, 5) is 11.2. The molecule has 1 N–H and O–H groups in total.